The van der Waals surface area contributed by atoms with E-state index >= 15 is 0 Å². The average Bonchev–Trinajstić information content (AvgIpc) is 2.85. The molecule has 16 heavy (non-hydrogen) atoms. The molecule has 1 aromatic rings. The van der Waals surface area contributed by atoms with Crippen molar-refractivity contribution in [1.82, 2.24) is 0 Å². The van der Waals surface area contributed by atoms with Gasteiger partial charge in [0, 0.05) is 10.9 Å². The van der Waals surface area contributed by atoms with E-state index in [2.05, 4.69) is 0 Å². The summed E-state index contributed by atoms with van der Waals surface area (Å²) in [6.45, 7) is 0. The van der Waals surface area contributed by atoms with Crippen LogP contribution in [0.4, 0.5) is 0 Å². The van der Waals surface area contributed by atoms with Crippen molar-refractivity contribution in [3.05, 3.63) is 34.7 Å². The van der Waals surface area contributed by atoms with E-state index in [0.717, 1.165) is 30.4 Å². The van der Waals surface area contributed by atoms with Gasteiger partial charge in [0.15, 0.2) is 9.84 Å². The molecule has 0 bridgehead atoms. The number of sulfone groups is 1. The molecule has 0 amide bonds. The number of hydrogen-bond donors (Lipinski definition) is 1. The number of hydrogen-bond acceptors (Lipinski definition) is 3. The van der Waals surface area contributed by atoms with E-state index in [4.69, 9.17) is 5.73 Å². The second kappa shape index (κ2) is 2.96. The van der Waals surface area contributed by atoms with Crippen molar-refractivity contribution in [2.45, 2.75) is 29.7 Å². The third-order valence-electron chi connectivity index (χ3n) is 3.26. The van der Waals surface area contributed by atoms with Gasteiger partial charge >= 0.3 is 0 Å². The van der Waals surface area contributed by atoms with Crippen LogP contribution in [0.5, 0.6) is 0 Å². The molecule has 0 saturated heterocycles. The van der Waals surface area contributed by atoms with E-state index in [1.165, 1.54) is 5.41 Å². The number of fused-ring (bicyclic) bond motifs is 1. The largest absolute Gasteiger partial charge is 0.325 e. The van der Waals surface area contributed by atoms with Crippen LogP contribution in [0.15, 0.2) is 28.5 Å². The standard InChI is InChI=1S/C12H13NO2S/c13-12(4-5-12)8-9-1-2-11-10(7-9)3-6-16(11,14)15/h1-3,6-7H,4-5,8,13H2. The third-order valence-corrected chi connectivity index (χ3v) is 4.74. The average molecular weight is 235 g/mol. The van der Waals surface area contributed by atoms with Gasteiger partial charge in [0.05, 0.1) is 4.90 Å². The van der Waals surface area contributed by atoms with E-state index in [1.807, 2.05) is 12.1 Å². The minimum Gasteiger partial charge on any atom is -0.325 e. The lowest BCUT2D eigenvalue weighted by molar-refractivity contribution is 0.605. The molecule has 1 saturated carbocycles. The monoisotopic (exact) mass is 235 g/mol. The van der Waals surface area contributed by atoms with Crippen molar-refractivity contribution < 1.29 is 8.42 Å². The lowest BCUT2D eigenvalue weighted by Crippen LogP contribution is -2.24. The molecule has 84 valence electrons. The summed E-state index contributed by atoms with van der Waals surface area (Å²) in [4.78, 5) is 0.415. The normalized spacial score (nSPS) is 23.1. The van der Waals surface area contributed by atoms with Crippen LogP contribution in [0.25, 0.3) is 6.08 Å². The summed E-state index contributed by atoms with van der Waals surface area (Å²) in [7, 11) is -3.16. The van der Waals surface area contributed by atoms with E-state index in [0.29, 0.717) is 4.90 Å². The molecular formula is C12H13NO2S. The quantitative estimate of drug-likeness (QED) is 0.844. The summed E-state index contributed by atoms with van der Waals surface area (Å²) in [5, 5.41) is 1.26. The smallest absolute Gasteiger partial charge is 0.200 e. The van der Waals surface area contributed by atoms with E-state index in [-0.39, 0.29) is 5.54 Å². The highest BCUT2D eigenvalue weighted by Gasteiger charge is 2.38. The van der Waals surface area contributed by atoms with Gasteiger partial charge in [-0.1, -0.05) is 12.1 Å². The van der Waals surface area contributed by atoms with Crippen LogP contribution in [-0.4, -0.2) is 14.0 Å². The third kappa shape index (κ3) is 1.58. The second-order valence-corrected chi connectivity index (χ2v) is 6.56. The molecule has 1 heterocycles. The lowest BCUT2D eigenvalue weighted by atomic mass is 10.0. The van der Waals surface area contributed by atoms with Gasteiger partial charge in [0.25, 0.3) is 0 Å². The van der Waals surface area contributed by atoms with Crippen LogP contribution in [-0.2, 0) is 16.3 Å². The van der Waals surface area contributed by atoms with Gasteiger partial charge in [-0.3, -0.25) is 0 Å². The molecule has 1 aromatic carbocycles. The zero-order valence-corrected chi connectivity index (χ0v) is 9.63. The van der Waals surface area contributed by atoms with Gasteiger partial charge in [-0.05, 0) is 42.5 Å². The van der Waals surface area contributed by atoms with Crippen molar-refractivity contribution in [2.24, 2.45) is 5.73 Å². The molecule has 2 aliphatic rings. The van der Waals surface area contributed by atoms with E-state index < -0.39 is 9.84 Å². The van der Waals surface area contributed by atoms with Crippen molar-refractivity contribution in [1.29, 1.82) is 0 Å². The Labute approximate surface area is 94.9 Å². The Morgan fingerprint density at radius 1 is 1.31 bits per heavy atom. The molecule has 1 aliphatic carbocycles. The van der Waals surface area contributed by atoms with Gasteiger partial charge in [0.1, 0.15) is 0 Å². The maximum absolute atomic E-state index is 11.6. The van der Waals surface area contributed by atoms with Crippen LogP contribution in [0.2, 0.25) is 0 Å². The van der Waals surface area contributed by atoms with Crippen LogP contribution in [0, 0.1) is 0 Å². The first-order chi connectivity index (χ1) is 7.49. The molecule has 1 fully saturated rings. The molecule has 2 N–H and O–H groups in total. The number of benzene rings is 1. The molecule has 3 nitrogen and oxygen atoms in total. The Hall–Kier alpha value is -1.13. The summed E-state index contributed by atoms with van der Waals surface area (Å²) in [6.07, 6.45) is 4.63. The first kappa shape index (κ1) is 10.1. The minimum absolute atomic E-state index is 0.0323. The van der Waals surface area contributed by atoms with Gasteiger partial charge in [0.2, 0.25) is 0 Å². The van der Waals surface area contributed by atoms with Crippen LogP contribution in [0.3, 0.4) is 0 Å². The Balaban J connectivity index is 1.98. The van der Waals surface area contributed by atoms with E-state index in [9.17, 15) is 8.42 Å². The van der Waals surface area contributed by atoms with Gasteiger partial charge < -0.3 is 5.73 Å². The van der Waals surface area contributed by atoms with Gasteiger partial charge in [-0.2, -0.15) is 0 Å². The van der Waals surface area contributed by atoms with Crippen LogP contribution >= 0.6 is 0 Å². The molecule has 4 heteroatoms. The predicted molar refractivity (Wildman–Crippen MR) is 62.5 cm³/mol. The lowest BCUT2D eigenvalue weighted by Gasteiger charge is -2.09. The Morgan fingerprint density at radius 2 is 2.06 bits per heavy atom. The maximum Gasteiger partial charge on any atom is 0.200 e. The molecule has 0 atom stereocenters. The highest BCUT2D eigenvalue weighted by Crippen LogP contribution is 2.36. The Kier molecular flexibility index (Phi) is 1.86. The van der Waals surface area contributed by atoms with E-state index in [1.54, 1.807) is 12.1 Å². The maximum atomic E-state index is 11.6. The van der Waals surface area contributed by atoms with Crippen molar-refractivity contribution in [3.63, 3.8) is 0 Å². The van der Waals surface area contributed by atoms with Crippen molar-refractivity contribution in [3.8, 4) is 0 Å². The summed E-state index contributed by atoms with van der Waals surface area (Å²) in [6, 6.07) is 5.49. The van der Waals surface area contributed by atoms with Gasteiger partial charge in [-0.25, -0.2) is 8.42 Å². The molecule has 0 aromatic heterocycles. The summed E-state index contributed by atoms with van der Waals surface area (Å²) >= 11 is 0. The molecule has 0 radical (unpaired) electrons. The zero-order valence-electron chi connectivity index (χ0n) is 8.81. The highest BCUT2D eigenvalue weighted by molar-refractivity contribution is 7.94. The fourth-order valence-electron chi connectivity index (χ4n) is 2.08. The second-order valence-electron chi connectivity index (χ2n) is 4.76. The highest BCUT2D eigenvalue weighted by atomic mass is 32.2. The molecule has 0 unspecified atom stereocenters. The number of nitrogens with two attached hydrogens (primary N) is 1. The predicted octanol–water partition coefficient (Wildman–Crippen LogP) is 1.48. The fourth-order valence-corrected chi connectivity index (χ4v) is 3.26. The summed E-state index contributed by atoms with van der Waals surface area (Å²) in [5.74, 6) is 0. The SMILES string of the molecule is NC1(Cc2ccc3c(c2)C=CS3(=O)=O)CC1. The first-order valence-electron chi connectivity index (χ1n) is 5.34. The zero-order chi connectivity index (χ0) is 11.4. The van der Waals surface area contributed by atoms with Crippen LogP contribution < -0.4 is 5.73 Å². The van der Waals surface area contributed by atoms with Crippen molar-refractivity contribution in [2.75, 3.05) is 0 Å². The molecular weight excluding hydrogens is 222 g/mol. The topological polar surface area (TPSA) is 60.2 Å². The number of rotatable bonds is 2. The van der Waals surface area contributed by atoms with Crippen LogP contribution in [0.1, 0.15) is 24.0 Å². The Morgan fingerprint density at radius 3 is 2.75 bits per heavy atom. The van der Waals surface area contributed by atoms with Gasteiger partial charge in [-0.15, -0.1) is 0 Å². The summed E-state index contributed by atoms with van der Waals surface area (Å²) < 4.78 is 23.1. The first-order valence-corrected chi connectivity index (χ1v) is 6.88. The molecule has 1 aliphatic heterocycles. The molecule has 0 spiro atoms. The summed E-state index contributed by atoms with van der Waals surface area (Å²) in [5.41, 5.74) is 7.93. The fraction of sp³-hybridized carbons (Fsp3) is 0.333. The minimum atomic E-state index is -3.16. The Bertz CT molecular complexity index is 583. The molecule has 3 rings (SSSR count). The van der Waals surface area contributed by atoms with Crippen molar-refractivity contribution >= 4 is 15.9 Å².